The number of rotatable bonds is 8. The number of thiophene rings is 1. The third kappa shape index (κ3) is 4.86. The molecule has 0 bridgehead atoms. The van der Waals surface area contributed by atoms with Crippen LogP contribution in [0.5, 0.6) is 0 Å². The van der Waals surface area contributed by atoms with Gasteiger partial charge >= 0.3 is 0 Å². The topological polar surface area (TPSA) is 81.1 Å². The highest BCUT2D eigenvalue weighted by molar-refractivity contribution is 7.99. The number of benzene rings is 1. The zero-order chi connectivity index (χ0) is 19.4. The van der Waals surface area contributed by atoms with Crippen molar-refractivity contribution in [1.82, 2.24) is 14.3 Å². The van der Waals surface area contributed by atoms with Gasteiger partial charge in [-0.2, -0.15) is 0 Å². The van der Waals surface area contributed by atoms with E-state index in [4.69, 9.17) is 0 Å². The van der Waals surface area contributed by atoms with Gasteiger partial charge in [0.2, 0.25) is 10.0 Å². The molecule has 1 aromatic carbocycles. The first-order valence-corrected chi connectivity index (χ1v) is 11.9. The van der Waals surface area contributed by atoms with Crippen LogP contribution in [0.1, 0.15) is 0 Å². The number of fused-ring (bicyclic) bond motifs is 1. The molecule has 0 fully saturated rings. The van der Waals surface area contributed by atoms with Gasteiger partial charge in [-0.05, 0) is 11.6 Å². The Morgan fingerprint density at radius 3 is 2.74 bits per heavy atom. The van der Waals surface area contributed by atoms with Gasteiger partial charge in [0.15, 0.2) is 5.16 Å². The van der Waals surface area contributed by atoms with Gasteiger partial charge in [-0.15, -0.1) is 17.9 Å². The molecule has 0 unspecified atom stereocenters. The predicted molar refractivity (Wildman–Crippen MR) is 113 cm³/mol. The fraction of sp³-hybridized carbons (Fsp3) is 0.222. The maximum atomic E-state index is 12.9. The average Bonchev–Trinajstić information content (AvgIpc) is 3.06. The standard InChI is InChI=1S/C18H19N3O3S3/c1-3-10-21-17(22)16-14(12-15(26-16)13-7-5-4-6-8-13)20-18(21)25-11-9-19-27(2,23)24/h3-8,12,19H,1,9-11H2,2H3. The van der Waals surface area contributed by atoms with Crippen molar-refractivity contribution in [2.45, 2.75) is 11.7 Å². The third-order valence-electron chi connectivity index (χ3n) is 3.67. The van der Waals surface area contributed by atoms with Crippen molar-refractivity contribution in [3.05, 3.63) is 59.4 Å². The van der Waals surface area contributed by atoms with Gasteiger partial charge < -0.3 is 0 Å². The first kappa shape index (κ1) is 19.8. The summed E-state index contributed by atoms with van der Waals surface area (Å²) in [5, 5.41) is 0.556. The second-order valence-electron chi connectivity index (χ2n) is 5.80. The van der Waals surface area contributed by atoms with Crippen molar-refractivity contribution in [2.75, 3.05) is 18.6 Å². The van der Waals surface area contributed by atoms with Crippen LogP contribution < -0.4 is 10.3 Å². The molecule has 0 spiro atoms. The van der Waals surface area contributed by atoms with Crippen molar-refractivity contribution in [3.8, 4) is 10.4 Å². The van der Waals surface area contributed by atoms with Gasteiger partial charge in [-0.1, -0.05) is 48.2 Å². The number of nitrogens with one attached hydrogen (secondary N) is 1. The van der Waals surface area contributed by atoms with E-state index in [0.29, 0.717) is 27.7 Å². The molecule has 2 aromatic heterocycles. The molecule has 27 heavy (non-hydrogen) atoms. The zero-order valence-electron chi connectivity index (χ0n) is 14.7. The SMILES string of the molecule is C=CCn1c(SCCNS(C)(=O)=O)nc2cc(-c3ccccc3)sc2c1=O. The second-order valence-corrected chi connectivity index (χ2v) is 9.75. The van der Waals surface area contributed by atoms with Crippen molar-refractivity contribution in [2.24, 2.45) is 0 Å². The summed E-state index contributed by atoms with van der Waals surface area (Å²) >= 11 is 2.77. The van der Waals surface area contributed by atoms with E-state index in [9.17, 15) is 13.2 Å². The van der Waals surface area contributed by atoms with E-state index >= 15 is 0 Å². The van der Waals surface area contributed by atoms with E-state index in [1.165, 1.54) is 23.1 Å². The average molecular weight is 422 g/mol. The fourth-order valence-corrected chi connectivity index (χ4v) is 5.02. The highest BCUT2D eigenvalue weighted by atomic mass is 32.2. The van der Waals surface area contributed by atoms with E-state index in [1.807, 2.05) is 36.4 Å². The van der Waals surface area contributed by atoms with Crippen molar-refractivity contribution in [1.29, 1.82) is 0 Å². The molecule has 2 heterocycles. The molecule has 0 radical (unpaired) electrons. The van der Waals surface area contributed by atoms with E-state index in [-0.39, 0.29) is 12.1 Å². The summed E-state index contributed by atoms with van der Waals surface area (Å²) in [4.78, 5) is 18.6. The summed E-state index contributed by atoms with van der Waals surface area (Å²) in [6.07, 6.45) is 2.77. The van der Waals surface area contributed by atoms with Crippen LogP contribution in [-0.4, -0.2) is 36.5 Å². The summed E-state index contributed by atoms with van der Waals surface area (Å²) in [6, 6.07) is 11.8. The van der Waals surface area contributed by atoms with Crippen molar-refractivity contribution >= 4 is 43.3 Å². The van der Waals surface area contributed by atoms with Gasteiger partial charge in [-0.25, -0.2) is 18.1 Å². The van der Waals surface area contributed by atoms with Crippen LogP contribution in [0.2, 0.25) is 0 Å². The van der Waals surface area contributed by atoms with E-state index < -0.39 is 10.0 Å². The number of allylic oxidation sites excluding steroid dienone is 1. The first-order valence-electron chi connectivity index (χ1n) is 8.17. The number of hydrogen-bond donors (Lipinski definition) is 1. The molecule has 0 saturated carbocycles. The lowest BCUT2D eigenvalue weighted by Gasteiger charge is -2.09. The quantitative estimate of drug-likeness (QED) is 0.262. The number of hydrogen-bond acceptors (Lipinski definition) is 6. The maximum Gasteiger partial charge on any atom is 0.272 e. The van der Waals surface area contributed by atoms with Gasteiger partial charge in [0.25, 0.3) is 5.56 Å². The van der Waals surface area contributed by atoms with Crippen LogP contribution in [-0.2, 0) is 16.6 Å². The Balaban J connectivity index is 1.96. The Bertz CT molecular complexity index is 1120. The Morgan fingerprint density at radius 1 is 1.33 bits per heavy atom. The van der Waals surface area contributed by atoms with Crippen LogP contribution in [0, 0.1) is 0 Å². The molecule has 1 N–H and O–H groups in total. The Morgan fingerprint density at radius 2 is 2.07 bits per heavy atom. The number of aromatic nitrogens is 2. The van der Waals surface area contributed by atoms with Crippen LogP contribution in [0.4, 0.5) is 0 Å². The molecule has 0 amide bonds. The number of sulfonamides is 1. The minimum atomic E-state index is -3.24. The fourth-order valence-electron chi connectivity index (χ4n) is 2.50. The minimum Gasteiger partial charge on any atom is -0.283 e. The van der Waals surface area contributed by atoms with E-state index in [1.54, 1.807) is 10.6 Å². The minimum absolute atomic E-state index is 0.106. The van der Waals surface area contributed by atoms with E-state index in [0.717, 1.165) is 16.7 Å². The summed E-state index contributed by atoms with van der Waals surface area (Å²) in [6.45, 7) is 4.33. The van der Waals surface area contributed by atoms with Gasteiger partial charge in [-0.3, -0.25) is 9.36 Å². The molecule has 3 rings (SSSR count). The molecule has 0 saturated heterocycles. The lowest BCUT2D eigenvalue weighted by Crippen LogP contribution is -2.25. The van der Waals surface area contributed by atoms with Crippen LogP contribution >= 0.6 is 23.1 Å². The monoisotopic (exact) mass is 421 g/mol. The molecule has 0 atom stereocenters. The molecule has 9 heteroatoms. The number of thioether (sulfide) groups is 1. The Kier molecular flexibility index (Phi) is 6.15. The Hall–Kier alpha value is -1.94. The Labute approximate surface area is 166 Å². The third-order valence-corrected chi connectivity index (χ3v) is 6.53. The molecule has 0 aliphatic heterocycles. The number of nitrogens with zero attached hydrogens (tertiary/aromatic N) is 2. The molecule has 142 valence electrons. The summed E-state index contributed by atoms with van der Waals surface area (Å²) in [7, 11) is -3.24. The van der Waals surface area contributed by atoms with E-state index in [2.05, 4.69) is 16.3 Å². The van der Waals surface area contributed by atoms with Crippen molar-refractivity contribution < 1.29 is 8.42 Å². The van der Waals surface area contributed by atoms with Gasteiger partial charge in [0, 0.05) is 23.7 Å². The normalized spacial score (nSPS) is 11.7. The van der Waals surface area contributed by atoms with Gasteiger partial charge in [0.05, 0.1) is 11.8 Å². The molecular formula is C18H19N3O3S3. The maximum absolute atomic E-state index is 12.9. The summed E-state index contributed by atoms with van der Waals surface area (Å²) < 4.78 is 27.0. The highest BCUT2D eigenvalue weighted by Crippen LogP contribution is 2.31. The molecule has 6 nitrogen and oxygen atoms in total. The highest BCUT2D eigenvalue weighted by Gasteiger charge is 2.15. The molecular weight excluding hydrogens is 402 g/mol. The zero-order valence-corrected chi connectivity index (χ0v) is 17.2. The first-order chi connectivity index (χ1) is 12.9. The van der Waals surface area contributed by atoms with Crippen molar-refractivity contribution in [3.63, 3.8) is 0 Å². The van der Waals surface area contributed by atoms with Crippen LogP contribution in [0.25, 0.3) is 20.7 Å². The summed E-state index contributed by atoms with van der Waals surface area (Å²) in [5.41, 5.74) is 1.59. The second kappa shape index (κ2) is 8.39. The smallest absolute Gasteiger partial charge is 0.272 e. The molecule has 0 aliphatic rings. The predicted octanol–water partition coefficient (Wildman–Crippen LogP) is 2.95. The van der Waals surface area contributed by atoms with Crippen LogP contribution in [0.15, 0.2) is 59.0 Å². The lowest BCUT2D eigenvalue weighted by atomic mass is 10.2. The largest absolute Gasteiger partial charge is 0.283 e. The lowest BCUT2D eigenvalue weighted by molar-refractivity contribution is 0.590. The van der Waals surface area contributed by atoms with Gasteiger partial charge in [0.1, 0.15) is 4.70 Å². The summed E-state index contributed by atoms with van der Waals surface area (Å²) in [5.74, 6) is 0.470. The molecule has 0 aliphatic carbocycles. The van der Waals surface area contributed by atoms with Crippen LogP contribution in [0.3, 0.4) is 0 Å². The molecule has 3 aromatic rings.